The number of carbonyl (C=O) groups excluding carboxylic acids is 1. The van der Waals surface area contributed by atoms with E-state index < -0.39 is 0 Å². The van der Waals surface area contributed by atoms with Crippen LogP contribution in [0.1, 0.15) is 42.4 Å². The topological polar surface area (TPSA) is 46.5 Å². The van der Waals surface area contributed by atoms with Crippen LogP contribution in [-0.4, -0.2) is 17.0 Å². The number of Topliss-reactive ketones (excluding diaryl/α,β-unsaturated/α-hetero) is 1. The fraction of sp³-hybridized carbons (Fsp3) is 0.611. The Bertz CT molecular complexity index is 723. The second-order valence-electron chi connectivity index (χ2n) is 7.92. The molecule has 5 aliphatic rings. The zero-order chi connectivity index (χ0) is 14.0. The van der Waals surface area contributed by atoms with Gasteiger partial charge in [0.15, 0.2) is 11.9 Å². The normalized spacial score (nSPS) is 46.9. The molecule has 0 saturated heterocycles. The van der Waals surface area contributed by atoms with E-state index >= 15 is 0 Å². The van der Waals surface area contributed by atoms with Crippen molar-refractivity contribution >= 4 is 5.78 Å². The highest BCUT2D eigenvalue weighted by molar-refractivity contribution is 5.89. The van der Waals surface area contributed by atoms with Crippen LogP contribution in [0.2, 0.25) is 0 Å². The molecule has 108 valence electrons. The molecule has 1 aliphatic heterocycles. The Morgan fingerprint density at radius 3 is 3.10 bits per heavy atom. The molecular weight excluding hydrogens is 264 g/mol. The van der Waals surface area contributed by atoms with Crippen molar-refractivity contribution in [2.45, 2.75) is 50.2 Å². The van der Waals surface area contributed by atoms with E-state index in [1.54, 1.807) is 0 Å². The minimum Gasteiger partial charge on any atom is -0.481 e. The first kappa shape index (κ1) is 11.2. The van der Waals surface area contributed by atoms with Gasteiger partial charge in [-0.1, -0.05) is 12.1 Å². The van der Waals surface area contributed by atoms with Gasteiger partial charge in [-0.05, 0) is 48.5 Å². The molecule has 6 rings (SSSR count). The summed E-state index contributed by atoms with van der Waals surface area (Å²) in [5.74, 6) is 2.59. The summed E-state index contributed by atoms with van der Waals surface area (Å²) in [6.07, 6.45) is 5.14. The largest absolute Gasteiger partial charge is 0.481 e. The van der Waals surface area contributed by atoms with Gasteiger partial charge in [-0.3, -0.25) is 4.79 Å². The molecule has 21 heavy (non-hydrogen) atoms. The molecule has 2 unspecified atom stereocenters. The van der Waals surface area contributed by atoms with Gasteiger partial charge in [0, 0.05) is 23.0 Å². The number of ketones is 1. The number of rotatable bonds is 1. The van der Waals surface area contributed by atoms with Crippen LogP contribution >= 0.6 is 0 Å². The lowest BCUT2D eigenvalue weighted by Gasteiger charge is -2.44. The average molecular weight is 282 g/mol. The molecule has 3 saturated carbocycles. The molecule has 4 aliphatic carbocycles. The third-order valence-electron chi connectivity index (χ3n) is 7.25. The van der Waals surface area contributed by atoms with Crippen molar-refractivity contribution in [3.05, 3.63) is 28.8 Å². The van der Waals surface area contributed by atoms with E-state index in [-0.39, 0.29) is 23.9 Å². The Kier molecular flexibility index (Phi) is 1.63. The highest BCUT2D eigenvalue weighted by Gasteiger charge is 2.78. The van der Waals surface area contributed by atoms with Crippen LogP contribution in [0.15, 0.2) is 12.1 Å². The molecule has 1 aromatic carbocycles. The van der Waals surface area contributed by atoms with Crippen molar-refractivity contribution < 1.29 is 14.6 Å². The molecule has 0 amide bonds. The Labute approximate surface area is 123 Å². The standard InChI is InChI=1S/C18H18O3/c19-7-10-2-1-9-5-17-6-12(17)11-3-4-13(20)16-18(11,8-17)14(9)15(10)21-16/h1-2,11-12,16,19H,3-8H2/t11-,12?,16-,17?,18-/m0/s1. The molecule has 0 radical (unpaired) electrons. The van der Waals surface area contributed by atoms with Crippen molar-refractivity contribution in [3.63, 3.8) is 0 Å². The van der Waals surface area contributed by atoms with Crippen LogP contribution in [0.25, 0.3) is 0 Å². The second kappa shape index (κ2) is 3.05. The number of benzene rings is 1. The lowest BCUT2D eigenvalue weighted by molar-refractivity contribution is -0.132. The summed E-state index contributed by atoms with van der Waals surface area (Å²) in [5, 5.41) is 9.64. The van der Waals surface area contributed by atoms with Crippen LogP contribution in [0.3, 0.4) is 0 Å². The van der Waals surface area contributed by atoms with Gasteiger partial charge >= 0.3 is 0 Å². The minimum absolute atomic E-state index is 0.00115. The number of fused-ring (bicyclic) bond motifs is 1. The summed E-state index contributed by atoms with van der Waals surface area (Å²) in [6.45, 7) is -0.00115. The van der Waals surface area contributed by atoms with E-state index in [0.717, 1.165) is 36.5 Å². The molecule has 3 nitrogen and oxygen atoms in total. The SMILES string of the molecule is O=C1CC[C@H]2C3CC34Cc3ccc(CO)c5c3[C@@]2(C4)[C@H]1O5. The fourth-order valence-electron chi connectivity index (χ4n) is 6.61. The number of aliphatic hydroxyl groups is 1. The van der Waals surface area contributed by atoms with E-state index in [2.05, 4.69) is 6.07 Å². The van der Waals surface area contributed by atoms with Crippen LogP contribution in [-0.2, 0) is 23.2 Å². The van der Waals surface area contributed by atoms with Crippen molar-refractivity contribution in [2.75, 3.05) is 0 Å². The predicted molar refractivity (Wildman–Crippen MR) is 75.1 cm³/mol. The molecule has 1 N–H and O–H groups in total. The molecule has 2 bridgehead atoms. The number of carbonyl (C=O) groups is 1. The van der Waals surface area contributed by atoms with Gasteiger partial charge < -0.3 is 9.84 Å². The summed E-state index contributed by atoms with van der Waals surface area (Å²) in [4.78, 5) is 12.5. The number of hydrogen-bond acceptors (Lipinski definition) is 3. The van der Waals surface area contributed by atoms with Gasteiger partial charge in [0.05, 0.1) is 6.61 Å². The van der Waals surface area contributed by atoms with Crippen LogP contribution < -0.4 is 4.74 Å². The van der Waals surface area contributed by atoms with E-state index in [1.807, 2.05) is 6.07 Å². The highest BCUT2D eigenvalue weighted by Crippen LogP contribution is 2.80. The average Bonchev–Trinajstić information content (AvgIpc) is 2.93. The van der Waals surface area contributed by atoms with E-state index in [1.165, 1.54) is 17.5 Å². The van der Waals surface area contributed by atoms with E-state index in [9.17, 15) is 9.90 Å². The molecule has 1 aromatic rings. The lowest BCUT2D eigenvalue weighted by Crippen LogP contribution is -2.52. The quantitative estimate of drug-likeness (QED) is 0.858. The second-order valence-corrected chi connectivity index (χ2v) is 7.92. The first-order valence-electron chi connectivity index (χ1n) is 8.15. The van der Waals surface area contributed by atoms with Crippen molar-refractivity contribution in [1.29, 1.82) is 0 Å². The van der Waals surface area contributed by atoms with Gasteiger partial charge in [0.2, 0.25) is 0 Å². The Morgan fingerprint density at radius 2 is 2.24 bits per heavy atom. The highest BCUT2D eigenvalue weighted by atomic mass is 16.5. The summed E-state index contributed by atoms with van der Waals surface area (Å²) in [6, 6.07) is 4.19. The van der Waals surface area contributed by atoms with E-state index in [4.69, 9.17) is 4.74 Å². The number of hydrogen-bond donors (Lipinski definition) is 1. The molecule has 1 heterocycles. The van der Waals surface area contributed by atoms with Gasteiger partial charge in [0.25, 0.3) is 0 Å². The first-order chi connectivity index (χ1) is 10.2. The number of ether oxygens (including phenoxy) is 1. The van der Waals surface area contributed by atoms with Gasteiger partial charge in [-0.15, -0.1) is 0 Å². The lowest BCUT2D eigenvalue weighted by atomic mass is 9.57. The molecule has 2 spiro atoms. The van der Waals surface area contributed by atoms with Gasteiger partial charge in [-0.2, -0.15) is 0 Å². The fourth-order valence-corrected chi connectivity index (χ4v) is 6.61. The van der Waals surface area contributed by atoms with Crippen LogP contribution in [0.5, 0.6) is 5.75 Å². The van der Waals surface area contributed by atoms with Gasteiger partial charge in [-0.25, -0.2) is 0 Å². The third-order valence-corrected chi connectivity index (χ3v) is 7.25. The Morgan fingerprint density at radius 1 is 1.33 bits per heavy atom. The summed E-state index contributed by atoms with van der Waals surface area (Å²) >= 11 is 0. The third kappa shape index (κ3) is 0.980. The maximum Gasteiger partial charge on any atom is 0.174 e. The summed E-state index contributed by atoms with van der Waals surface area (Å²) in [5.41, 5.74) is 4.02. The summed E-state index contributed by atoms with van der Waals surface area (Å²) < 4.78 is 6.21. The Balaban J connectivity index is 1.70. The van der Waals surface area contributed by atoms with Crippen molar-refractivity contribution in [2.24, 2.45) is 17.3 Å². The van der Waals surface area contributed by atoms with Crippen molar-refractivity contribution in [3.8, 4) is 5.75 Å². The monoisotopic (exact) mass is 282 g/mol. The predicted octanol–water partition coefficient (Wildman–Crippen LogP) is 2.12. The maximum absolute atomic E-state index is 12.5. The maximum atomic E-state index is 12.5. The molecule has 0 aromatic heterocycles. The molecular formula is C18H18O3. The van der Waals surface area contributed by atoms with Gasteiger partial charge in [0.1, 0.15) is 5.75 Å². The molecule has 5 atom stereocenters. The minimum atomic E-state index is -0.261. The van der Waals surface area contributed by atoms with Crippen LogP contribution in [0, 0.1) is 17.3 Å². The van der Waals surface area contributed by atoms with Crippen molar-refractivity contribution in [1.82, 2.24) is 0 Å². The zero-order valence-electron chi connectivity index (χ0n) is 11.9. The van der Waals surface area contributed by atoms with E-state index in [0.29, 0.717) is 17.8 Å². The Hall–Kier alpha value is -1.35. The first-order valence-corrected chi connectivity index (χ1v) is 8.15. The smallest absolute Gasteiger partial charge is 0.174 e. The zero-order valence-corrected chi connectivity index (χ0v) is 11.9. The van der Waals surface area contributed by atoms with Crippen LogP contribution in [0.4, 0.5) is 0 Å². The molecule has 3 heteroatoms. The summed E-state index contributed by atoms with van der Waals surface area (Å²) in [7, 11) is 0. The molecule has 3 fully saturated rings. The number of aliphatic hydroxyl groups excluding tert-OH is 1.